The molecule has 1 heterocycles. The molecule has 1 fully saturated rings. The Morgan fingerprint density at radius 1 is 0.867 bits per heavy atom. The lowest BCUT2D eigenvalue weighted by molar-refractivity contribution is -0.143. The largest absolute Gasteiger partial charge is 0.416 e. The number of hydrogen-bond acceptors (Lipinski definition) is 1. The van der Waals surface area contributed by atoms with Crippen molar-refractivity contribution in [1.29, 1.82) is 0 Å². The van der Waals surface area contributed by atoms with Gasteiger partial charge in [-0.05, 0) is 48.7 Å². The minimum Gasteiger partial charge on any atom is -0.338 e. The van der Waals surface area contributed by atoms with Gasteiger partial charge < -0.3 is 4.90 Å². The average molecular weight is 433 g/mol. The van der Waals surface area contributed by atoms with E-state index in [4.69, 9.17) is 0 Å². The quantitative estimate of drug-likeness (QED) is 0.511. The van der Waals surface area contributed by atoms with E-state index in [0.29, 0.717) is 25.0 Å². The normalized spacial score (nSPS) is 18.2. The molecule has 1 unspecified atom stereocenters. The first-order valence-electron chi connectivity index (χ1n) is 9.29. The number of benzene rings is 2. The van der Waals surface area contributed by atoms with Gasteiger partial charge in [0.05, 0.1) is 11.1 Å². The number of rotatable bonds is 2. The van der Waals surface area contributed by atoms with Crippen molar-refractivity contribution < 1.29 is 35.5 Å². The van der Waals surface area contributed by atoms with E-state index in [0.717, 1.165) is 12.0 Å². The molecule has 0 aliphatic carbocycles. The molecule has 1 amide bonds. The van der Waals surface area contributed by atoms with Gasteiger partial charge in [0.15, 0.2) is 0 Å². The van der Waals surface area contributed by atoms with Crippen molar-refractivity contribution in [2.45, 2.75) is 37.5 Å². The Bertz CT molecular complexity index is 871. The van der Waals surface area contributed by atoms with Gasteiger partial charge in [-0.25, -0.2) is 4.39 Å². The van der Waals surface area contributed by atoms with Gasteiger partial charge in [-0.3, -0.25) is 4.79 Å². The molecule has 162 valence electrons. The molecule has 2 nitrogen and oxygen atoms in total. The Kier molecular flexibility index (Phi) is 6.10. The fourth-order valence-corrected chi connectivity index (χ4v) is 3.59. The summed E-state index contributed by atoms with van der Waals surface area (Å²) >= 11 is 0. The molecule has 1 saturated heterocycles. The van der Waals surface area contributed by atoms with E-state index in [1.165, 1.54) is 17.0 Å². The van der Waals surface area contributed by atoms with Gasteiger partial charge >= 0.3 is 12.4 Å². The molecule has 0 saturated carbocycles. The molecule has 0 N–H and O–H groups in total. The zero-order valence-corrected chi connectivity index (χ0v) is 15.7. The van der Waals surface area contributed by atoms with Gasteiger partial charge in [0.1, 0.15) is 5.82 Å². The molecule has 1 aliphatic rings. The Labute approximate surface area is 168 Å². The number of alkyl halides is 6. The Morgan fingerprint density at radius 3 is 1.97 bits per heavy atom. The molecule has 1 aliphatic heterocycles. The van der Waals surface area contributed by atoms with Crippen LogP contribution in [0.1, 0.15) is 52.2 Å². The molecule has 0 radical (unpaired) electrons. The summed E-state index contributed by atoms with van der Waals surface area (Å²) in [6.07, 6.45) is -8.08. The van der Waals surface area contributed by atoms with Crippen molar-refractivity contribution in [2.24, 2.45) is 0 Å². The number of nitrogens with zero attached hydrogens (tertiary/aromatic N) is 1. The summed E-state index contributed by atoms with van der Waals surface area (Å²) in [5.41, 5.74) is -2.94. The number of carbonyl (C=O) groups is 1. The van der Waals surface area contributed by atoms with Gasteiger partial charge in [-0.15, -0.1) is 0 Å². The monoisotopic (exact) mass is 433 g/mol. The molecule has 30 heavy (non-hydrogen) atoms. The average Bonchev–Trinajstić information content (AvgIpc) is 2.92. The van der Waals surface area contributed by atoms with Crippen molar-refractivity contribution in [1.82, 2.24) is 4.90 Å². The van der Waals surface area contributed by atoms with E-state index in [2.05, 4.69) is 0 Å². The zero-order valence-electron chi connectivity index (χ0n) is 15.7. The molecular formula is C21H18F7NO. The topological polar surface area (TPSA) is 20.3 Å². The number of hydrogen-bond donors (Lipinski definition) is 0. The maximum atomic E-state index is 13.2. The van der Waals surface area contributed by atoms with Crippen molar-refractivity contribution in [3.05, 3.63) is 70.5 Å². The molecule has 2 aromatic carbocycles. The summed E-state index contributed by atoms with van der Waals surface area (Å²) in [5.74, 6) is -1.51. The Balaban J connectivity index is 1.93. The summed E-state index contributed by atoms with van der Waals surface area (Å²) in [5, 5.41) is 0. The first-order valence-corrected chi connectivity index (χ1v) is 9.29. The van der Waals surface area contributed by atoms with Crippen LogP contribution in [0.15, 0.2) is 42.5 Å². The molecule has 9 heteroatoms. The maximum Gasteiger partial charge on any atom is 0.416 e. The minimum atomic E-state index is -5.02. The predicted octanol–water partition coefficient (Wildman–Crippen LogP) is 6.27. The lowest BCUT2D eigenvalue weighted by atomic mass is 9.94. The van der Waals surface area contributed by atoms with Crippen LogP contribution in [-0.2, 0) is 12.4 Å². The highest BCUT2D eigenvalue weighted by atomic mass is 19.4. The van der Waals surface area contributed by atoms with Crippen LogP contribution < -0.4 is 0 Å². The van der Waals surface area contributed by atoms with Crippen LogP contribution in [0.3, 0.4) is 0 Å². The van der Waals surface area contributed by atoms with Gasteiger partial charge in [-0.2, -0.15) is 26.3 Å². The molecule has 1 atom stereocenters. The fourth-order valence-electron chi connectivity index (χ4n) is 3.59. The minimum absolute atomic E-state index is 0.000521. The van der Waals surface area contributed by atoms with Gasteiger partial charge in [-0.1, -0.05) is 18.6 Å². The molecule has 0 spiro atoms. The van der Waals surface area contributed by atoms with Crippen molar-refractivity contribution in [3.63, 3.8) is 0 Å². The summed E-state index contributed by atoms with van der Waals surface area (Å²) < 4.78 is 91.8. The molecule has 3 rings (SSSR count). The fraction of sp³-hybridized carbons (Fsp3) is 0.381. The lowest BCUT2D eigenvalue weighted by Crippen LogP contribution is -2.34. The molecule has 0 aromatic heterocycles. The summed E-state index contributed by atoms with van der Waals surface area (Å²) in [7, 11) is 0. The summed E-state index contributed by atoms with van der Waals surface area (Å²) in [6.45, 7) is 0.343. The summed E-state index contributed by atoms with van der Waals surface area (Å²) in [6, 6.07) is 6.59. The highest BCUT2D eigenvalue weighted by Gasteiger charge is 2.38. The van der Waals surface area contributed by atoms with Crippen LogP contribution in [0.5, 0.6) is 0 Å². The molecule has 2 aromatic rings. The maximum absolute atomic E-state index is 13.2. The number of likely N-dealkylation sites (tertiary alicyclic amines) is 1. The SMILES string of the molecule is O=C(c1cc(C(F)(F)F)cc(C(F)(F)F)c1)N1CCCCC(c2ccc(F)cc2)C1. The second-order valence-corrected chi connectivity index (χ2v) is 7.29. The lowest BCUT2D eigenvalue weighted by Gasteiger charge is -2.25. The van der Waals surface area contributed by atoms with Crippen molar-refractivity contribution in [3.8, 4) is 0 Å². The van der Waals surface area contributed by atoms with E-state index in [9.17, 15) is 35.5 Å². The van der Waals surface area contributed by atoms with E-state index in [-0.39, 0.29) is 25.1 Å². The van der Waals surface area contributed by atoms with Crippen LogP contribution in [-0.4, -0.2) is 23.9 Å². The van der Waals surface area contributed by atoms with Gasteiger partial charge in [0.25, 0.3) is 5.91 Å². The highest BCUT2D eigenvalue weighted by molar-refractivity contribution is 5.94. The molecule has 0 bridgehead atoms. The number of halogens is 7. The first-order chi connectivity index (χ1) is 13.9. The third kappa shape index (κ3) is 5.12. The van der Waals surface area contributed by atoms with Crippen molar-refractivity contribution in [2.75, 3.05) is 13.1 Å². The first kappa shape index (κ1) is 22.1. The number of carbonyl (C=O) groups excluding carboxylic acids is 1. The molecular weight excluding hydrogens is 415 g/mol. The van der Waals surface area contributed by atoms with Crippen LogP contribution >= 0.6 is 0 Å². The van der Waals surface area contributed by atoms with Crippen molar-refractivity contribution >= 4 is 5.91 Å². The predicted molar refractivity (Wildman–Crippen MR) is 95.3 cm³/mol. The third-order valence-electron chi connectivity index (χ3n) is 5.13. The second kappa shape index (κ2) is 8.28. The summed E-state index contributed by atoms with van der Waals surface area (Å²) in [4.78, 5) is 14.1. The highest BCUT2D eigenvalue weighted by Crippen LogP contribution is 2.37. The van der Waals surface area contributed by atoms with Gasteiger partial charge in [0, 0.05) is 24.6 Å². The standard InChI is InChI=1S/C21H18F7NO/c22-18-6-4-13(5-7-18)14-3-1-2-8-29(12-14)19(30)15-9-16(20(23,24)25)11-17(10-15)21(26,27)28/h4-7,9-11,14H,1-3,8,12H2. The van der Waals surface area contributed by atoms with E-state index < -0.39 is 40.8 Å². The Morgan fingerprint density at radius 2 is 1.43 bits per heavy atom. The van der Waals surface area contributed by atoms with E-state index in [1.54, 1.807) is 12.1 Å². The van der Waals surface area contributed by atoms with Crippen LogP contribution in [0.4, 0.5) is 30.7 Å². The van der Waals surface area contributed by atoms with E-state index in [1.807, 2.05) is 0 Å². The van der Waals surface area contributed by atoms with E-state index >= 15 is 0 Å². The zero-order chi connectivity index (χ0) is 22.1. The second-order valence-electron chi connectivity index (χ2n) is 7.29. The number of amides is 1. The smallest absolute Gasteiger partial charge is 0.338 e. The third-order valence-corrected chi connectivity index (χ3v) is 5.13. The van der Waals surface area contributed by atoms with Gasteiger partial charge in [0.2, 0.25) is 0 Å². The van der Waals surface area contributed by atoms with Crippen LogP contribution in [0, 0.1) is 5.82 Å². The van der Waals surface area contributed by atoms with Crippen LogP contribution in [0.25, 0.3) is 0 Å². The Hall–Kier alpha value is -2.58. The van der Waals surface area contributed by atoms with Crippen LogP contribution in [0.2, 0.25) is 0 Å².